The molecule has 0 saturated carbocycles. The Morgan fingerprint density at radius 1 is 1.38 bits per heavy atom. The second kappa shape index (κ2) is 8.37. The van der Waals surface area contributed by atoms with Crippen LogP contribution in [0.3, 0.4) is 0 Å². The molecule has 26 heavy (non-hydrogen) atoms. The number of nitro groups is 1. The van der Waals surface area contributed by atoms with Gasteiger partial charge in [-0.2, -0.15) is 0 Å². The van der Waals surface area contributed by atoms with Gasteiger partial charge >= 0.3 is 5.97 Å². The summed E-state index contributed by atoms with van der Waals surface area (Å²) in [5.74, 6) is -1.12. The predicted octanol–water partition coefficient (Wildman–Crippen LogP) is 3.24. The molecular formula is C18H21N3O5. The number of carbonyl (C=O) groups excluding carboxylic acids is 1. The molecule has 0 fully saturated rings. The lowest BCUT2D eigenvalue weighted by molar-refractivity contribution is -0.384. The van der Waals surface area contributed by atoms with Gasteiger partial charge in [-0.3, -0.25) is 15.1 Å². The number of hydrogen-bond acceptors (Lipinski definition) is 7. The van der Waals surface area contributed by atoms with Gasteiger partial charge in [-0.15, -0.1) is 0 Å². The third kappa shape index (κ3) is 3.96. The summed E-state index contributed by atoms with van der Waals surface area (Å²) in [6, 6.07) is 6.29. The summed E-state index contributed by atoms with van der Waals surface area (Å²) in [6.07, 6.45) is 2.06. The van der Waals surface area contributed by atoms with Gasteiger partial charge in [0.15, 0.2) is 0 Å². The van der Waals surface area contributed by atoms with E-state index in [-0.39, 0.29) is 11.6 Å². The fourth-order valence-electron chi connectivity index (χ4n) is 3.23. The number of aliphatic imine (C=N–C) groups is 1. The Morgan fingerprint density at radius 3 is 2.73 bits per heavy atom. The fraction of sp³-hybridized carbons (Fsp3) is 0.389. The van der Waals surface area contributed by atoms with E-state index in [1.165, 1.54) is 26.4 Å². The van der Waals surface area contributed by atoms with Gasteiger partial charge in [-0.1, -0.05) is 17.3 Å². The Balaban J connectivity index is 2.60. The first-order valence-corrected chi connectivity index (χ1v) is 8.04. The topological polar surface area (TPSA) is 103 Å². The van der Waals surface area contributed by atoms with Crippen molar-refractivity contribution >= 4 is 23.6 Å². The molecule has 0 bridgehead atoms. The zero-order valence-electron chi connectivity index (χ0n) is 15.1. The number of methoxy groups -OCH3 is 1. The molecule has 0 aliphatic carbocycles. The van der Waals surface area contributed by atoms with E-state index in [1.807, 2.05) is 6.92 Å². The molecule has 1 aromatic carbocycles. The Bertz CT molecular complexity index is 798. The number of esters is 1. The second-order valence-corrected chi connectivity index (χ2v) is 5.89. The van der Waals surface area contributed by atoms with Crippen molar-refractivity contribution in [2.24, 2.45) is 16.1 Å². The van der Waals surface area contributed by atoms with Crippen molar-refractivity contribution in [2.45, 2.75) is 26.2 Å². The highest BCUT2D eigenvalue weighted by molar-refractivity contribution is 5.98. The molecular weight excluding hydrogens is 338 g/mol. The number of ether oxygens (including phenoxy) is 1. The van der Waals surface area contributed by atoms with Gasteiger partial charge in [-0.05, 0) is 25.8 Å². The Morgan fingerprint density at radius 2 is 2.12 bits per heavy atom. The summed E-state index contributed by atoms with van der Waals surface area (Å²) in [7, 11) is 2.75. The lowest BCUT2D eigenvalue weighted by atomic mass is 9.74. The average Bonchev–Trinajstić information content (AvgIpc) is 2.62. The van der Waals surface area contributed by atoms with Crippen LogP contribution in [0.5, 0.6) is 0 Å². The van der Waals surface area contributed by atoms with Crippen molar-refractivity contribution in [3.63, 3.8) is 0 Å². The molecule has 8 heteroatoms. The SMILES string of the molecule is CO/N=C/CC1C(C)=NC(C)=C(C(=O)OC)C1c1cccc([N+](=O)[O-])c1. The van der Waals surface area contributed by atoms with Gasteiger partial charge in [0.1, 0.15) is 7.11 Å². The Labute approximate surface area is 151 Å². The zero-order valence-corrected chi connectivity index (χ0v) is 15.1. The molecule has 0 radical (unpaired) electrons. The maximum Gasteiger partial charge on any atom is 0.336 e. The van der Waals surface area contributed by atoms with Crippen LogP contribution in [0, 0.1) is 16.0 Å². The monoisotopic (exact) mass is 359 g/mol. The molecule has 2 unspecified atom stereocenters. The van der Waals surface area contributed by atoms with Crippen molar-refractivity contribution < 1.29 is 19.3 Å². The van der Waals surface area contributed by atoms with Crippen molar-refractivity contribution in [3.05, 3.63) is 51.2 Å². The highest BCUT2D eigenvalue weighted by Crippen LogP contribution is 2.41. The summed E-state index contributed by atoms with van der Waals surface area (Å²) in [5, 5.41) is 14.9. The molecule has 2 rings (SSSR count). The standard InChI is InChI=1S/C18H21N3O5/c1-11-15(8-9-19-26-4)17(16(12(2)20-11)18(22)25-3)13-6-5-7-14(10-13)21(23)24/h5-7,9-10,15,17H,8H2,1-4H3/b19-9+. The third-order valence-electron chi connectivity index (χ3n) is 4.37. The summed E-state index contributed by atoms with van der Waals surface area (Å²) in [6.45, 7) is 3.60. The molecule has 2 atom stereocenters. The van der Waals surface area contributed by atoms with Crippen LogP contribution in [0.1, 0.15) is 31.7 Å². The van der Waals surface area contributed by atoms with Crippen LogP contribution in [0.4, 0.5) is 5.69 Å². The molecule has 1 aliphatic heterocycles. The first kappa shape index (κ1) is 19.3. The number of benzene rings is 1. The van der Waals surface area contributed by atoms with E-state index in [2.05, 4.69) is 10.1 Å². The van der Waals surface area contributed by atoms with E-state index in [4.69, 9.17) is 9.57 Å². The Kier molecular flexibility index (Phi) is 6.21. The lowest BCUT2D eigenvalue weighted by Crippen LogP contribution is -2.30. The highest BCUT2D eigenvalue weighted by atomic mass is 16.6. The molecule has 0 aromatic heterocycles. The number of carbonyl (C=O) groups is 1. The van der Waals surface area contributed by atoms with E-state index in [0.29, 0.717) is 23.3 Å². The van der Waals surface area contributed by atoms with Crippen molar-refractivity contribution in [1.82, 2.24) is 0 Å². The molecule has 0 amide bonds. The van der Waals surface area contributed by atoms with Crippen LogP contribution < -0.4 is 0 Å². The van der Waals surface area contributed by atoms with Gasteiger partial charge in [0.05, 0.1) is 17.6 Å². The Hall–Kier alpha value is -3.03. The van der Waals surface area contributed by atoms with Crippen LogP contribution in [-0.4, -0.2) is 37.0 Å². The first-order chi connectivity index (χ1) is 12.4. The molecule has 1 heterocycles. The molecule has 8 nitrogen and oxygen atoms in total. The van der Waals surface area contributed by atoms with E-state index < -0.39 is 16.8 Å². The number of rotatable bonds is 6. The van der Waals surface area contributed by atoms with Crippen LogP contribution in [0.25, 0.3) is 0 Å². The van der Waals surface area contributed by atoms with Crippen LogP contribution >= 0.6 is 0 Å². The predicted molar refractivity (Wildman–Crippen MR) is 97.3 cm³/mol. The van der Waals surface area contributed by atoms with Gasteiger partial charge in [0, 0.05) is 41.6 Å². The zero-order chi connectivity index (χ0) is 19.3. The number of hydrogen-bond donors (Lipinski definition) is 0. The van der Waals surface area contributed by atoms with Crippen LogP contribution in [0.2, 0.25) is 0 Å². The number of nitro benzene ring substituents is 1. The van der Waals surface area contributed by atoms with Crippen LogP contribution in [0.15, 0.2) is 45.7 Å². The number of non-ortho nitro benzene ring substituents is 1. The molecule has 138 valence electrons. The number of oxime groups is 1. The summed E-state index contributed by atoms with van der Waals surface area (Å²) >= 11 is 0. The molecule has 0 spiro atoms. The van der Waals surface area contributed by atoms with Crippen molar-refractivity contribution in [3.8, 4) is 0 Å². The molecule has 1 aliphatic rings. The maximum absolute atomic E-state index is 12.4. The highest BCUT2D eigenvalue weighted by Gasteiger charge is 2.37. The van der Waals surface area contributed by atoms with Crippen LogP contribution in [-0.2, 0) is 14.4 Å². The molecule has 0 N–H and O–H groups in total. The molecule has 1 aromatic rings. The average molecular weight is 359 g/mol. The van der Waals surface area contributed by atoms with E-state index in [1.54, 1.807) is 25.3 Å². The minimum absolute atomic E-state index is 0.0335. The molecule has 0 saturated heterocycles. The van der Waals surface area contributed by atoms with Gasteiger partial charge in [0.25, 0.3) is 5.69 Å². The van der Waals surface area contributed by atoms with E-state index >= 15 is 0 Å². The minimum Gasteiger partial charge on any atom is -0.466 e. The van der Waals surface area contributed by atoms with Crippen molar-refractivity contribution in [1.29, 1.82) is 0 Å². The summed E-state index contributed by atoms with van der Waals surface area (Å²) in [4.78, 5) is 32.3. The van der Waals surface area contributed by atoms with Gasteiger partial charge < -0.3 is 9.57 Å². The third-order valence-corrected chi connectivity index (χ3v) is 4.37. The van der Waals surface area contributed by atoms with Crippen molar-refractivity contribution in [2.75, 3.05) is 14.2 Å². The largest absolute Gasteiger partial charge is 0.466 e. The van der Waals surface area contributed by atoms with E-state index in [0.717, 1.165) is 5.71 Å². The van der Waals surface area contributed by atoms with E-state index in [9.17, 15) is 14.9 Å². The summed E-state index contributed by atoms with van der Waals surface area (Å²) in [5.41, 5.74) is 2.38. The summed E-state index contributed by atoms with van der Waals surface area (Å²) < 4.78 is 4.94. The number of nitrogens with zero attached hydrogens (tertiary/aromatic N) is 3. The lowest BCUT2D eigenvalue weighted by Gasteiger charge is -2.32. The second-order valence-electron chi connectivity index (χ2n) is 5.89. The minimum atomic E-state index is -0.496. The smallest absolute Gasteiger partial charge is 0.336 e. The van der Waals surface area contributed by atoms with Gasteiger partial charge in [-0.25, -0.2) is 4.79 Å². The first-order valence-electron chi connectivity index (χ1n) is 8.04. The quantitative estimate of drug-likeness (QED) is 0.336. The number of allylic oxidation sites excluding steroid dienone is 1. The fourth-order valence-corrected chi connectivity index (χ4v) is 3.23. The maximum atomic E-state index is 12.4. The normalized spacial score (nSPS) is 20.1. The van der Waals surface area contributed by atoms with Gasteiger partial charge in [0.2, 0.25) is 0 Å².